The third-order valence-electron chi connectivity index (χ3n) is 4.23. The van der Waals surface area contributed by atoms with Crippen molar-refractivity contribution in [2.75, 3.05) is 11.9 Å². The topological polar surface area (TPSA) is 131 Å². The summed E-state index contributed by atoms with van der Waals surface area (Å²) in [7, 11) is -3.94. The first-order valence-electron chi connectivity index (χ1n) is 10.1. The summed E-state index contributed by atoms with van der Waals surface area (Å²) >= 11 is 5.05. The molecule has 0 bridgehead atoms. The molecule has 9 nitrogen and oxygen atoms in total. The molecule has 0 aliphatic carbocycles. The molecule has 0 aliphatic rings. The molecule has 11 heteroatoms. The Hall–Kier alpha value is -3.31. The Kier molecular flexibility index (Phi) is 9.95. The summed E-state index contributed by atoms with van der Waals surface area (Å²) in [6.07, 6.45) is 1.33. The molecule has 2 aromatic carbocycles. The van der Waals surface area contributed by atoms with Gasteiger partial charge in [0.15, 0.2) is 5.11 Å². The molecule has 0 atom stereocenters. The van der Waals surface area contributed by atoms with Crippen LogP contribution >= 0.6 is 12.2 Å². The molecule has 0 fully saturated rings. The standard InChI is InChI=1S/C22H25N3O6S2/c1-16(26)25-33(29,30)19-11-9-18(10-12-19)23-22(32)24-20(27)13-14-21(28)31-15-5-8-17-6-3-2-4-7-17/h2-4,6-7,9-12H,5,8,13-15H2,1H3,(H,25,26)(H2,23,24,27,32). The van der Waals surface area contributed by atoms with Crippen molar-refractivity contribution in [1.82, 2.24) is 10.0 Å². The van der Waals surface area contributed by atoms with Gasteiger partial charge in [-0.2, -0.15) is 0 Å². The minimum absolute atomic E-state index is 0.00584. The van der Waals surface area contributed by atoms with Gasteiger partial charge in [-0.1, -0.05) is 30.3 Å². The molecule has 3 N–H and O–H groups in total. The molecule has 0 unspecified atom stereocenters. The number of rotatable bonds is 10. The Balaban J connectivity index is 1.67. The van der Waals surface area contributed by atoms with E-state index in [-0.39, 0.29) is 29.5 Å². The maximum atomic E-state index is 12.0. The number of sulfonamides is 1. The molecule has 0 saturated heterocycles. The van der Waals surface area contributed by atoms with Crippen LogP contribution in [-0.2, 0) is 35.6 Å². The third kappa shape index (κ3) is 9.79. The van der Waals surface area contributed by atoms with Crippen LogP contribution < -0.4 is 15.4 Å². The molecule has 0 aliphatic heterocycles. The molecule has 0 saturated carbocycles. The quantitative estimate of drug-likeness (QED) is 0.262. The highest BCUT2D eigenvalue weighted by Crippen LogP contribution is 2.14. The number of hydrogen-bond acceptors (Lipinski definition) is 7. The lowest BCUT2D eigenvalue weighted by Gasteiger charge is -2.10. The number of nitrogens with one attached hydrogen (secondary N) is 3. The second-order valence-electron chi connectivity index (χ2n) is 7.00. The van der Waals surface area contributed by atoms with E-state index in [1.54, 1.807) is 0 Å². The highest BCUT2D eigenvalue weighted by molar-refractivity contribution is 7.90. The molecule has 0 heterocycles. The summed E-state index contributed by atoms with van der Waals surface area (Å²) in [5, 5.41) is 5.17. The summed E-state index contributed by atoms with van der Waals surface area (Å²) in [6.45, 7) is 1.38. The molecule has 2 amide bonds. The largest absolute Gasteiger partial charge is 0.466 e. The molecule has 0 spiro atoms. The number of hydrogen-bond donors (Lipinski definition) is 3. The van der Waals surface area contributed by atoms with Crippen LogP contribution in [0.25, 0.3) is 0 Å². The van der Waals surface area contributed by atoms with Crippen molar-refractivity contribution in [1.29, 1.82) is 0 Å². The van der Waals surface area contributed by atoms with E-state index < -0.39 is 27.8 Å². The number of esters is 1. The van der Waals surface area contributed by atoms with Gasteiger partial charge in [0.2, 0.25) is 11.8 Å². The molecular formula is C22H25N3O6S2. The second-order valence-corrected chi connectivity index (χ2v) is 9.09. The monoisotopic (exact) mass is 491 g/mol. The lowest BCUT2D eigenvalue weighted by Crippen LogP contribution is -2.34. The van der Waals surface area contributed by atoms with Crippen molar-refractivity contribution >= 4 is 50.8 Å². The maximum absolute atomic E-state index is 12.0. The van der Waals surface area contributed by atoms with Crippen molar-refractivity contribution in [2.45, 2.75) is 37.5 Å². The smallest absolute Gasteiger partial charge is 0.306 e. The van der Waals surface area contributed by atoms with E-state index in [0.29, 0.717) is 12.1 Å². The second kappa shape index (κ2) is 12.7. The first kappa shape index (κ1) is 25.9. The van der Waals surface area contributed by atoms with E-state index in [0.717, 1.165) is 18.9 Å². The Bertz CT molecular complexity index is 1090. The van der Waals surface area contributed by atoms with Crippen molar-refractivity contribution in [3.63, 3.8) is 0 Å². The van der Waals surface area contributed by atoms with E-state index in [1.807, 2.05) is 35.1 Å². The molecule has 2 aromatic rings. The SMILES string of the molecule is CC(=O)NS(=O)(=O)c1ccc(NC(=S)NC(=O)CCC(=O)OCCCc2ccccc2)cc1. The Morgan fingerprint density at radius 1 is 0.970 bits per heavy atom. The third-order valence-corrected chi connectivity index (χ3v) is 5.88. The average molecular weight is 492 g/mol. The minimum atomic E-state index is -3.94. The number of aryl methyl sites for hydroxylation is 1. The van der Waals surface area contributed by atoms with Crippen LogP contribution in [0.2, 0.25) is 0 Å². The molecule has 0 radical (unpaired) electrons. The number of benzene rings is 2. The molecule has 2 rings (SSSR count). The predicted molar refractivity (Wildman–Crippen MR) is 127 cm³/mol. The predicted octanol–water partition coefficient (Wildman–Crippen LogP) is 2.28. The maximum Gasteiger partial charge on any atom is 0.306 e. The highest BCUT2D eigenvalue weighted by atomic mass is 32.2. The number of anilines is 1. The Labute approximate surface area is 198 Å². The minimum Gasteiger partial charge on any atom is -0.466 e. The van der Waals surface area contributed by atoms with Crippen LogP contribution in [-0.4, -0.2) is 37.9 Å². The van der Waals surface area contributed by atoms with Gasteiger partial charge in [-0.25, -0.2) is 13.1 Å². The number of carbonyl (C=O) groups excluding carboxylic acids is 3. The summed E-state index contributed by atoms with van der Waals surface area (Å²) in [4.78, 5) is 34.7. The van der Waals surface area contributed by atoms with Crippen LogP contribution in [0.3, 0.4) is 0 Å². The van der Waals surface area contributed by atoms with E-state index in [9.17, 15) is 22.8 Å². The van der Waals surface area contributed by atoms with Gasteiger partial charge in [0, 0.05) is 19.0 Å². The fraction of sp³-hybridized carbons (Fsp3) is 0.273. The van der Waals surface area contributed by atoms with E-state index in [2.05, 4.69) is 10.6 Å². The molecule has 33 heavy (non-hydrogen) atoms. The van der Waals surface area contributed by atoms with Gasteiger partial charge >= 0.3 is 5.97 Å². The molecular weight excluding hydrogens is 466 g/mol. The fourth-order valence-electron chi connectivity index (χ4n) is 2.71. The first-order valence-corrected chi connectivity index (χ1v) is 12.0. The fourth-order valence-corrected chi connectivity index (χ4v) is 3.93. The first-order chi connectivity index (χ1) is 15.7. The van der Waals surface area contributed by atoms with Gasteiger partial charge in [-0.15, -0.1) is 0 Å². The van der Waals surface area contributed by atoms with Gasteiger partial charge in [-0.05, 0) is 54.9 Å². The number of ether oxygens (including phenoxy) is 1. The van der Waals surface area contributed by atoms with Crippen LogP contribution in [0.4, 0.5) is 5.69 Å². The van der Waals surface area contributed by atoms with Gasteiger partial charge < -0.3 is 15.4 Å². The number of thiocarbonyl (C=S) groups is 1. The van der Waals surface area contributed by atoms with Crippen molar-refractivity contribution in [2.24, 2.45) is 0 Å². The Morgan fingerprint density at radius 2 is 1.64 bits per heavy atom. The van der Waals surface area contributed by atoms with Crippen molar-refractivity contribution in [3.05, 3.63) is 60.2 Å². The summed E-state index contributed by atoms with van der Waals surface area (Å²) in [5.74, 6) is -1.62. The zero-order valence-electron chi connectivity index (χ0n) is 18.0. The van der Waals surface area contributed by atoms with Gasteiger partial charge in [0.1, 0.15) is 0 Å². The van der Waals surface area contributed by atoms with Crippen molar-refractivity contribution < 1.29 is 27.5 Å². The lowest BCUT2D eigenvalue weighted by atomic mass is 10.1. The van der Waals surface area contributed by atoms with E-state index in [1.165, 1.54) is 24.3 Å². The normalized spacial score (nSPS) is 10.7. The molecule has 0 aromatic heterocycles. The summed E-state index contributed by atoms with van der Waals surface area (Å²) in [6, 6.07) is 15.3. The van der Waals surface area contributed by atoms with Gasteiger partial charge in [0.25, 0.3) is 10.0 Å². The zero-order chi connectivity index (χ0) is 24.3. The molecule has 176 valence electrons. The summed E-state index contributed by atoms with van der Waals surface area (Å²) < 4.78 is 30.8. The summed E-state index contributed by atoms with van der Waals surface area (Å²) in [5.41, 5.74) is 1.60. The van der Waals surface area contributed by atoms with Crippen LogP contribution in [0.5, 0.6) is 0 Å². The van der Waals surface area contributed by atoms with Crippen LogP contribution in [0.15, 0.2) is 59.5 Å². The highest BCUT2D eigenvalue weighted by Gasteiger charge is 2.15. The van der Waals surface area contributed by atoms with Crippen LogP contribution in [0.1, 0.15) is 31.7 Å². The van der Waals surface area contributed by atoms with Crippen molar-refractivity contribution in [3.8, 4) is 0 Å². The van der Waals surface area contributed by atoms with Crippen LogP contribution in [0, 0.1) is 0 Å². The van der Waals surface area contributed by atoms with E-state index >= 15 is 0 Å². The zero-order valence-corrected chi connectivity index (χ0v) is 19.6. The van der Waals surface area contributed by atoms with E-state index in [4.69, 9.17) is 17.0 Å². The average Bonchev–Trinajstić information content (AvgIpc) is 2.75. The van der Waals surface area contributed by atoms with Gasteiger partial charge in [-0.3, -0.25) is 14.4 Å². The number of amides is 2. The lowest BCUT2D eigenvalue weighted by molar-refractivity contribution is -0.145. The number of carbonyl (C=O) groups is 3. The Morgan fingerprint density at radius 3 is 2.27 bits per heavy atom. The van der Waals surface area contributed by atoms with Gasteiger partial charge in [0.05, 0.1) is 17.9 Å².